The molecule has 7 heteroatoms. The molecule has 1 saturated heterocycles. The second kappa shape index (κ2) is 6.44. The van der Waals surface area contributed by atoms with E-state index in [9.17, 15) is 0 Å². The molecule has 2 aromatic rings. The van der Waals surface area contributed by atoms with E-state index in [4.69, 9.17) is 11.6 Å². The number of halogens is 1. The van der Waals surface area contributed by atoms with Crippen LogP contribution >= 0.6 is 11.6 Å². The molecule has 0 amide bonds. The molecule has 6 nitrogen and oxygen atoms in total. The smallest absolute Gasteiger partial charge is 0.225 e. The van der Waals surface area contributed by atoms with E-state index in [2.05, 4.69) is 29.7 Å². The van der Waals surface area contributed by atoms with Gasteiger partial charge in [-0.3, -0.25) is 0 Å². The Morgan fingerprint density at radius 1 is 1.14 bits per heavy atom. The van der Waals surface area contributed by atoms with Gasteiger partial charge in [-0.15, -0.1) is 0 Å². The highest BCUT2D eigenvalue weighted by atomic mass is 35.5. The van der Waals surface area contributed by atoms with Crippen molar-refractivity contribution in [3.05, 3.63) is 35.5 Å². The summed E-state index contributed by atoms with van der Waals surface area (Å²) in [7, 11) is 2.04. The summed E-state index contributed by atoms with van der Waals surface area (Å²) < 4.78 is 0. The second-order valence-corrected chi connectivity index (χ2v) is 5.98. The molecule has 0 unspecified atom stereocenters. The summed E-state index contributed by atoms with van der Waals surface area (Å²) in [6.45, 7) is 3.93. The molecule has 116 valence electrons. The van der Waals surface area contributed by atoms with Crippen LogP contribution in [0.5, 0.6) is 0 Å². The Balaban J connectivity index is 1.62. The first-order valence-corrected chi connectivity index (χ1v) is 7.75. The third-order valence-electron chi connectivity index (χ3n) is 4.05. The third kappa shape index (κ3) is 3.27. The van der Waals surface area contributed by atoms with Gasteiger partial charge in [-0.1, -0.05) is 11.6 Å². The second-order valence-electron chi connectivity index (χ2n) is 5.55. The Morgan fingerprint density at radius 3 is 2.45 bits per heavy atom. The van der Waals surface area contributed by atoms with E-state index < -0.39 is 0 Å². The molecule has 0 atom stereocenters. The summed E-state index contributed by atoms with van der Waals surface area (Å²) in [5.41, 5.74) is 0.999. The van der Waals surface area contributed by atoms with Crippen molar-refractivity contribution in [2.24, 2.45) is 0 Å². The number of anilines is 2. The summed E-state index contributed by atoms with van der Waals surface area (Å²) in [5, 5.41) is 0.561. The van der Waals surface area contributed by atoms with Gasteiger partial charge in [0.2, 0.25) is 5.95 Å². The first kappa shape index (κ1) is 15.0. The molecule has 0 saturated carbocycles. The summed E-state index contributed by atoms with van der Waals surface area (Å²) in [6, 6.07) is 2.46. The Kier molecular flexibility index (Phi) is 4.38. The summed E-state index contributed by atoms with van der Waals surface area (Å²) in [4.78, 5) is 21.5. The molecular formula is C15H19ClN6. The third-order valence-corrected chi connectivity index (χ3v) is 4.24. The van der Waals surface area contributed by atoms with E-state index in [0.29, 0.717) is 11.1 Å². The normalized spacial score (nSPS) is 15.9. The van der Waals surface area contributed by atoms with Crippen molar-refractivity contribution in [2.45, 2.75) is 25.8 Å². The maximum atomic E-state index is 5.84. The van der Waals surface area contributed by atoms with E-state index in [-0.39, 0.29) is 0 Å². The number of piperidine rings is 1. The monoisotopic (exact) mass is 318 g/mol. The van der Waals surface area contributed by atoms with Crippen LogP contribution < -0.4 is 9.80 Å². The molecule has 1 aliphatic heterocycles. The van der Waals surface area contributed by atoms with Gasteiger partial charge in [0.25, 0.3) is 0 Å². The van der Waals surface area contributed by atoms with Crippen LogP contribution in [0.25, 0.3) is 0 Å². The number of aromatic nitrogens is 4. The number of nitrogens with zero attached hydrogens (tertiary/aromatic N) is 6. The van der Waals surface area contributed by atoms with Gasteiger partial charge in [0, 0.05) is 37.9 Å². The first-order valence-electron chi connectivity index (χ1n) is 7.37. The lowest BCUT2D eigenvalue weighted by Crippen LogP contribution is -2.44. The zero-order valence-electron chi connectivity index (χ0n) is 12.8. The predicted molar refractivity (Wildman–Crippen MR) is 87.4 cm³/mol. The number of hydrogen-bond donors (Lipinski definition) is 0. The van der Waals surface area contributed by atoms with E-state index in [1.54, 1.807) is 18.7 Å². The number of rotatable bonds is 3. The van der Waals surface area contributed by atoms with Gasteiger partial charge >= 0.3 is 0 Å². The molecule has 0 bridgehead atoms. The molecule has 0 radical (unpaired) electrons. The van der Waals surface area contributed by atoms with Crippen molar-refractivity contribution in [1.29, 1.82) is 0 Å². The standard InChI is InChI=1S/C15H19ClN6/c1-11-7-14(20-10-19-11)22-5-3-13(4-6-22)21(2)15-17-8-12(16)9-18-15/h7-10,13H,3-6H2,1-2H3. The molecule has 0 spiro atoms. The van der Waals surface area contributed by atoms with Crippen molar-refractivity contribution in [1.82, 2.24) is 19.9 Å². The van der Waals surface area contributed by atoms with Crippen LogP contribution in [0.3, 0.4) is 0 Å². The van der Waals surface area contributed by atoms with Gasteiger partial charge < -0.3 is 9.80 Å². The summed E-state index contributed by atoms with van der Waals surface area (Å²) >= 11 is 5.84. The van der Waals surface area contributed by atoms with Gasteiger partial charge in [0.05, 0.1) is 17.4 Å². The Morgan fingerprint density at radius 2 is 1.82 bits per heavy atom. The average Bonchev–Trinajstić information content (AvgIpc) is 2.55. The molecule has 1 aliphatic rings. The summed E-state index contributed by atoms with van der Waals surface area (Å²) in [6.07, 6.45) is 7.00. The van der Waals surface area contributed by atoms with Gasteiger partial charge in [-0.2, -0.15) is 0 Å². The maximum absolute atomic E-state index is 5.84. The fourth-order valence-corrected chi connectivity index (χ4v) is 2.84. The minimum absolute atomic E-state index is 0.431. The highest BCUT2D eigenvalue weighted by molar-refractivity contribution is 6.30. The Labute approximate surface area is 135 Å². The van der Waals surface area contributed by atoms with Crippen molar-refractivity contribution in [3.8, 4) is 0 Å². The quantitative estimate of drug-likeness (QED) is 0.865. The zero-order chi connectivity index (χ0) is 15.5. The van der Waals surface area contributed by atoms with E-state index >= 15 is 0 Å². The van der Waals surface area contributed by atoms with Gasteiger partial charge in [-0.05, 0) is 19.8 Å². The minimum Gasteiger partial charge on any atom is -0.356 e. The van der Waals surface area contributed by atoms with E-state index in [1.165, 1.54) is 0 Å². The topological polar surface area (TPSA) is 58.0 Å². The van der Waals surface area contributed by atoms with Crippen LogP contribution in [-0.4, -0.2) is 46.1 Å². The SMILES string of the molecule is Cc1cc(N2CCC(N(C)c3ncc(Cl)cn3)CC2)ncn1. The number of hydrogen-bond acceptors (Lipinski definition) is 6. The van der Waals surface area contributed by atoms with Crippen LogP contribution in [0.1, 0.15) is 18.5 Å². The Bertz CT molecular complexity index is 624. The molecular weight excluding hydrogens is 300 g/mol. The van der Waals surface area contributed by atoms with E-state index in [0.717, 1.165) is 43.4 Å². The van der Waals surface area contributed by atoms with Crippen LogP contribution in [0, 0.1) is 6.92 Å². The van der Waals surface area contributed by atoms with Crippen molar-refractivity contribution in [3.63, 3.8) is 0 Å². The van der Waals surface area contributed by atoms with Crippen LogP contribution in [0.4, 0.5) is 11.8 Å². The van der Waals surface area contributed by atoms with Gasteiger partial charge in [0.15, 0.2) is 0 Å². The highest BCUT2D eigenvalue weighted by Gasteiger charge is 2.24. The van der Waals surface area contributed by atoms with Crippen LogP contribution in [0.15, 0.2) is 24.8 Å². The Hall–Kier alpha value is -1.95. The molecule has 2 aromatic heterocycles. The predicted octanol–water partition coefficient (Wildman–Crippen LogP) is 2.33. The molecule has 0 N–H and O–H groups in total. The van der Waals surface area contributed by atoms with Crippen LogP contribution in [0.2, 0.25) is 5.02 Å². The fraction of sp³-hybridized carbons (Fsp3) is 0.467. The van der Waals surface area contributed by atoms with Crippen molar-refractivity contribution in [2.75, 3.05) is 29.9 Å². The number of aryl methyl sites for hydroxylation is 1. The van der Waals surface area contributed by atoms with Gasteiger partial charge in [0.1, 0.15) is 12.1 Å². The largest absolute Gasteiger partial charge is 0.356 e. The molecule has 22 heavy (non-hydrogen) atoms. The molecule has 3 rings (SSSR count). The van der Waals surface area contributed by atoms with Crippen LogP contribution in [-0.2, 0) is 0 Å². The lowest BCUT2D eigenvalue weighted by atomic mass is 10.0. The lowest BCUT2D eigenvalue weighted by molar-refractivity contribution is 0.475. The molecule has 0 aromatic carbocycles. The molecule has 3 heterocycles. The highest BCUT2D eigenvalue weighted by Crippen LogP contribution is 2.22. The first-order chi connectivity index (χ1) is 10.6. The zero-order valence-corrected chi connectivity index (χ0v) is 13.5. The fourth-order valence-electron chi connectivity index (χ4n) is 2.75. The maximum Gasteiger partial charge on any atom is 0.225 e. The van der Waals surface area contributed by atoms with Crippen molar-refractivity contribution >= 4 is 23.4 Å². The minimum atomic E-state index is 0.431. The van der Waals surface area contributed by atoms with Crippen molar-refractivity contribution < 1.29 is 0 Å². The lowest BCUT2D eigenvalue weighted by Gasteiger charge is -2.37. The summed E-state index contributed by atoms with van der Waals surface area (Å²) in [5.74, 6) is 1.73. The van der Waals surface area contributed by atoms with Gasteiger partial charge in [-0.25, -0.2) is 19.9 Å². The van der Waals surface area contributed by atoms with E-state index in [1.807, 2.05) is 20.0 Å². The average molecular weight is 319 g/mol. The molecule has 1 fully saturated rings. The molecule has 0 aliphatic carbocycles.